The molecule has 0 atom stereocenters. The Balaban J connectivity index is 1.70. The van der Waals surface area contributed by atoms with Crippen molar-refractivity contribution in [2.24, 2.45) is 5.92 Å². The number of anilines is 1. The van der Waals surface area contributed by atoms with E-state index < -0.39 is 0 Å². The van der Waals surface area contributed by atoms with E-state index in [-0.39, 0.29) is 11.5 Å². The molecule has 1 fully saturated rings. The summed E-state index contributed by atoms with van der Waals surface area (Å²) < 4.78 is 0. The summed E-state index contributed by atoms with van der Waals surface area (Å²) in [4.78, 5) is 26.8. The number of hydrogen-bond acceptors (Lipinski definition) is 2. The van der Waals surface area contributed by atoms with Crippen LogP contribution < -0.4 is 10.9 Å². The second kappa shape index (κ2) is 7.65. The van der Waals surface area contributed by atoms with Crippen LogP contribution in [0.5, 0.6) is 0 Å². The summed E-state index contributed by atoms with van der Waals surface area (Å²) in [5, 5.41) is 4.02. The van der Waals surface area contributed by atoms with Crippen LogP contribution in [0.2, 0.25) is 0 Å². The quantitative estimate of drug-likeness (QED) is 0.827. The summed E-state index contributed by atoms with van der Waals surface area (Å²) in [6.45, 7) is 2.10. The number of H-pyrrole nitrogens is 1. The van der Waals surface area contributed by atoms with E-state index in [1.165, 1.54) is 25.7 Å². The molecule has 1 saturated carbocycles. The maximum atomic E-state index is 12.2. The molecule has 2 aromatic rings. The molecule has 0 aliphatic heterocycles. The number of aromatic nitrogens is 1. The molecule has 1 aromatic carbocycles. The molecular formula is C20H26N2O2. The van der Waals surface area contributed by atoms with E-state index in [2.05, 4.69) is 17.2 Å². The third-order valence-corrected chi connectivity index (χ3v) is 4.99. The Morgan fingerprint density at radius 1 is 1.25 bits per heavy atom. The minimum Gasteiger partial charge on any atom is -0.326 e. The van der Waals surface area contributed by atoms with Crippen molar-refractivity contribution in [3.05, 3.63) is 40.2 Å². The maximum Gasteiger partial charge on any atom is 0.248 e. The molecule has 0 spiro atoms. The van der Waals surface area contributed by atoms with E-state index in [0.29, 0.717) is 6.42 Å². The average molecular weight is 326 g/mol. The van der Waals surface area contributed by atoms with Crippen LogP contribution in [-0.4, -0.2) is 10.9 Å². The number of nitrogens with one attached hydrogen (secondary N) is 2. The number of fused-ring (bicyclic) bond motifs is 1. The summed E-state index contributed by atoms with van der Waals surface area (Å²) in [5.41, 5.74) is 2.52. The van der Waals surface area contributed by atoms with Gasteiger partial charge in [-0.15, -0.1) is 0 Å². The number of carbonyl (C=O) groups excluding carboxylic acids is 1. The normalized spacial score (nSPS) is 15.0. The van der Waals surface area contributed by atoms with Gasteiger partial charge in [-0.1, -0.05) is 45.1 Å². The van der Waals surface area contributed by atoms with Crippen molar-refractivity contribution < 1.29 is 4.79 Å². The van der Waals surface area contributed by atoms with Crippen molar-refractivity contribution in [2.45, 2.75) is 58.3 Å². The van der Waals surface area contributed by atoms with Crippen molar-refractivity contribution in [3.63, 3.8) is 0 Å². The smallest absolute Gasteiger partial charge is 0.248 e. The van der Waals surface area contributed by atoms with Crippen molar-refractivity contribution in [2.75, 3.05) is 5.32 Å². The predicted octanol–water partition coefficient (Wildman–Crippen LogP) is 4.39. The zero-order valence-corrected chi connectivity index (χ0v) is 14.4. The lowest BCUT2D eigenvalue weighted by Gasteiger charge is -2.11. The standard InChI is InChI=1S/C20H26N2O2/c1-2-5-15-12-20(24)22-18-13-16(9-10-17(15)18)21-19(23)11-8-14-6-3-4-7-14/h9-10,12-14H,2-8,11H2,1H3,(H,21,23)(H,22,24). The van der Waals surface area contributed by atoms with Gasteiger partial charge in [-0.2, -0.15) is 0 Å². The maximum absolute atomic E-state index is 12.2. The van der Waals surface area contributed by atoms with Crippen LogP contribution in [-0.2, 0) is 11.2 Å². The number of benzene rings is 1. The van der Waals surface area contributed by atoms with Gasteiger partial charge in [0.25, 0.3) is 0 Å². The molecule has 4 heteroatoms. The van der Waals surface area contributed by atoms with Crippen LogP contribution in [0.3, 0.4) is 0 Å². The molecule has 4 nitrogen and oxygen atoms in total. The molecule has 24 heavy (non-hydrogen) atoms. The van der Waals surface area contributed by atoms with Crippen molar-refractivity contribution >= 4 is 22.5 Å². The Kier molecular flexibility index (Phi) is 5.34. The number of aryl methyl sites for hydroxylation is 1. The van der Waals surface area contributed by atoms with Gasteiger partial charge in [0.05, 0.1) is 5.52 Å². The van der Waals surface area contributed by atoms with Crippen LogP contribution >= 0.6 is 0 Å². The zero-order valence-electron chi connectivity index (χ0n) is 14.4. The average Bonchev–Trinajstić information content (AvgIpc) is 3.06. The van der Waals surface area contributed by atoms with Gasteiger partial charge in [0.15, 0.2) is 0 Å². The first-order chi connectivity index (χ1) is 11.7. The lowest BCUT2D eigenvalue weighted by atomic mass is 10.0. The highest BCUT2D eigenvalue weighted by molar-refractivity contribution is 5.94. The van der Waals surface area contributed by atoms with Crippen LogP contribution in [0.15, 0.2) is 29.1 Å². The highest BCUT2D eigenvalue weighted by atomic mass is 16.1. The first-order valence-corrected chi connectivity index (χ1v) is 9.11. The van der Waals surface area contributed by atoms with Gasteiger partial charge in [0.1, 0.15) is 0 Å². The van der Waals surface area contributed by atoms with Crippen molar-refractivity contribution in [1.29, 1.82) is 0 Å². The lowest BCUT2D eigenvalue weighted by Crippen LogP contribution is -2.13. The lowest BCUT2D eigenvalue weighted by molar-refractivity contribution is -0.116. The Hall–Kier alpha value is -2.10. The van der Waals surface area contributed by atoms with Gasteiger partial charge in [-0.3, -0.25) is 9.59 Å². The fourth-order valence-electron chi connectivity index (χ4n) is 3.74. The molecule has 1 aromatic heterocycles. The van der Waals surface area contributed by atoms with E-state index in [0.717, 1.165) is 47.3 Å². The third-order valence-electron chi connectivity index (χ3n) is 4.99. The van der Waals surface area contributed by atoms with Crippen LogP contribution in [0.25, 0.3) is 10.9 Å². The van der Waals surface area contributed by atoms with E-state index in [4.69, 9.17) is 0 Å². The number of pyridine rings is 1. The molecule has 128 valence electrons. The second-order valence-electron chi connectivity index (χ2n) is 6.91. The topological polar surface area (TPSA) is 62.0 Å². The number of rotatable bonds is 6. The minimum absolute atomic E-state index is 0.0632. The second-order valence-corrected chi connectivity index (χ2v) is 6.91. The third kappa shape index (κ3) is 4.05. The van der Waals surface area contributed by atoms with Gasteiger partial charge in [0, 0.05) is 23.6 Å². The molecular weight excluding hydrogens is 300 g/mol. The molecule has 1 heterocycles. The van der Waals surface area contributed by atoms with E-state index in [1.54, 1.807) is 6.07 Å². The van der Waals surface area contributed by atoms with Crippen LogP contribution in [0, 0.1) is 5.92 Å². The molecule has 3 rings (SSSR count). The molecule has 0 saturated heterocycles. The van der Waals surface area contributed by atoms with Crippen LogP contribution in [0.1, 0.15) is 57.4 Å². The molecule has 0 unspecified atom stereocenters. The van der Waals surface area contributed by atoms with Gasteiger partial charge < -0.3 is 10.3 Å². The molecule has 0 bridgehead atoms. The fraction of sp³-hybridized carbons (Fsp3) is 0.500. The predicted molar refractivity (Wildman–Crippen MR) is 98.4 cm³/mol. The van der Waals surface area contributed by atoms with Gasteiger partial charge >= 0.3 is 0 Å². The van der Waals surface area contributed by atoms with Gasteiger partial charge in [-0.25, -0.2) is 0 Å². The Morgan fingerprint density at radius 3 is 2.79 bits per heavy atom. The molecule has 2 N–H and O–H groups in total. The number of hydrogen-bond donors (Lipinski definition) is 2. The van der Waals surface area contributed by atoms with E-state index in [1.807, 2.05) is 18.2 Å². The molecule has 1 amide bonds. The largest absolute Gasteiger partial charge is 0.326 e. The minimum atomic E-state index is -0.0874. The summed E-state index contributed by atoms with van der Waals surface area (Å²) in [6.07, 6.45) is 8.60. The molecule has 1 aliphatic carbocycles. The monoisotopic (exact) mass is 326 g/mol. The summed E-state index contributed by atoms with van der Waals surface area (Å²) in [6, 6.07) is 7.45. The number of amides is 1. The highest BCUT2D eigenvalue weighted by Crippen LogP contribution is 2.28. The Bertz CT molecular complexity index is 773. The molecule has 1 aliphatic rings. The zero-order chi connectivity index (χ0) is 16.9. The van der Waals surface area contributed by atoms with Crippen LogP contribution in [0.4, 0.5) is 5.69 Å². The summed E-state index contributed by atoms with van der Waals surface area (Å²) in [7, 11) is 0. The van der Waals surface area contributed by atoms with E-state index >= 15 is 0 Å². The highest BCUT2D eigenvalue weighted by Gasteiger charge is 2.16. The SMILES string of the molecule is CCCc1cc(=O)[nH]c2cc(NC(=O)CCC3CCCC3)ccc12. The van der Waals surface area contributed by atoms with Gasteiger partial charge in [-0.05, 0) is 36.5 Å². The van der Waals surface area contributed by atoms with Crippen molar-refractivity contribution in [1.82, 2.24) is 4.98 Å². The summed E-state index contributed by atoms with van der Waals surface area (Å²) in [5.74, 6) is 0.786. The summed E-state index contributed by atoms with van der Waals surface area (Å²) >= 11 is 0. The van der Waals surface area contributed by atoms with E-state index in [9.17, 15) is 9.59 Å². The number of aromatic amines is 1. The first kappa shape index (κ1) is 16.7. The molecule has 0 radical (unpaired) electrons. The van der Waals surface area contributed by atoms with Gasteiger partial charge in [0.2, 0.25) is 11.5 Å². The fourth-order valence-corrected chi connectivity index (χ4v) is 3.74. The number of carbonyl (C=O) groups is 1. The first-order valence-electron chi connectivity index (χ1n) is 9.11. The Morgan fingerprint density at radius 2 is 2.04 bits per heavy atom. The Labute approximate surface area is 142 Å². The van der Waals surface area contributed by atoms with Crippen molar-refractivity contribution in [3.8, 4) is 0 Å².